The number of halogens is 2. The second kappa shape index (κ2) is 6.16. The summed E-state index contributed by atoms with van der Waals surface area (Å²) in [6.45, 7) is 1.81. The minimum absolute atomic E-state index is 0.167. The number of amides is 1. The normalized spacial score (nSPS) is 11.9. The summed E-state index contributed by atoms with van der Waals surface area (Å²) in [5.74, 6) is -0.506. The van der Waals surface area contributed by atoms with Crippen LogP contribution in [0.25, 0.3) is 0 Å². The smallest absolute Gasteiger partial charge is 0.231 e. The van der Waals surface area contributed by atoms with Crippen LogP contribution in [-0.4, -0.2) is 5.91 Å². The molecular formula is C15H14Cl2N2O. The average molecular weight is 309 g/mol. The number of nitrogens with two attached hydrogens (primary N) is 1. The van der Waals surface area contributed by atoms with Crippen LogP contribution in [-0.2, 0) is 4.79 Å². The Kier molecular flexibility index (Phi) is 4.53. The van der Waals surface area contributed by atoms with Gasteiger partial charge in [0.25, 0.3) is 0 Å². The molecule has 3 N–H and O–H groups in total. The molecule has 0 aliphatic carbocycles. The third-order valence-corrected chi connectivity index (χ3v) is 3.55. The topological polar surface area (TPSA) is 55.1 Å². The number of nitrogen functional groups attached to an aromatic ring is 1. The van der Waals surface area contributed by atoms with Crippen LogP contribution in [0.3, 0.4) is 0 Å². The zero-order valence-corrected chi connectivity index (χ0v) is 12.4. The van der Waals surface area contributed by atoms with Crippen LogP contribution in [0.15, 0.2) is 42.5 Å². The molecule has 1 amide bonds. The van der Waals surface area contributed by atoms with Crippen LogP contribution >= 0.6 is 23.2 Å². The molecule has 0 aromatic heterocycles. The highest BCUT2D eigenvalue weighted by Gasteiger charge is 2.16. The van der Waals surface area contributed by atoms with Gasteiger partial charge in [-0.2, -0.15) is 0 Å². The van der Waals surface area contributed by atoms with Crippen molar-refractivity contribution in [1.29, 1.82) is 0 Å². The Morgan fingerprint density at radius 2 is 1.95 bits per heavy atom. The number of anilines is 2. The van der Waals surface area contributed by atoms with E-state index >= 15 is 0 Å². The first-order valence-electron chi connectivity index (χ1n) is 6.08. The van der Waals surface area contributed by atoms with E-state index in [9.17, 15) is 4.79 Å². The maximum atomic E-state index is 12.2. The Morgan fingerprint density at radius 3 is 2.65 bits per heavy atom. The van der Waals surface area contributed by atoms with E-state index in [1.165, 1.54) is 0 Å². The summed E-state index contributed by atoms with van der Waals surface area (Å²) < 4.78 is 0. The maximum absolute atomic E-state index is 12.2. The van der Waals surface area contributed by atoms with Crippen LogP contribution in [0.2, 0.25) is 10.0 Å². The molecule has 2 aromatic rings. The van der Waals surface area contributed by atoms with Crippen LogP contribution in [0, 0.1) is 0 Å². The largest absolute Gasteiger partial charge is 0.399 e. The number of nitrogens with one attached hydrogen (secondary N) is 1. The standard InChI is InChI=1S/C15H14Cl2N2O/c1-9(10-3-2-4-12(18)7-10)15(20)19-14-8-11(16)5-6-13(14)17/h2-9H,18H2,1H3,(H,19,20). The number of rotatable bonds is 3. The maximum Gasteiger partial charge on any atom is 0.231 e. The van der Waals surface area contributed by atoms with E-state index in [1.54, 1.807) is 30.3 Å². The lowest BCUT2D eigenvalue weighted by Gasteiger charge is -2.14. The van der Waals surface area contributed by atoms with Crippen molar-refractivity contribution in [3.8, 4) is 0 Å². The van der Waals surface area contributed by atoms with Crippen molar-refractivity contribution >= 4 is 40.5 Å². The molecule has 104 valence electrons. The van der Waals surface area contributed by atoms with Crippen LogP contribution < -0.4 is 11.1 Å². The minimum atomic E-state index is -0.339. The quantitative estimate of drug-likeness (QED) is 0.830. The fourth-order valence-electron chi connectivity index (χ4n) is 1.81. The van der Waals surface area contributed by atoms with Crippen LogP contribution in [0.4, 0.5) is 11.4 Å². The van der Waals surface area contributed by atoms with Gasteiger partial charge in [0, 0.05) is 10.7 Å². The molecule has 0 heterocycles. The fraction of sp³-hybridized carbons (Fsp3) is 0.133. The SMILES string of the molecule is CC(C(=O)Nc1cc(Cl)ccc1Cl)c1cccc(N)c1. The van der Waals surface area contributed by atoms with Gasteiger partial charge in [0.2, 0.25) is 5.91 Å². The predicted molar refractivity (Wildman–Crippen MR) is 84.4 cm³/mol. The number of hydrogen-bond donors (Lipinski definition) is 2. The van der Waals surface area contributed by atoms with Crippen molar-refractivity contribution in [1.82, 2.24) is 0 Å². The minimum Gasteiger partial charge on any atom is -0.399 e. The number of hydrogen-bond acceptors (Lipinski definition) is 2. The Hall–Kier alpha value is -1.71. The lowest BCUT2D eigenvalue weighted by atomic mass is 10.00. The Morgan fingerprint density at radius 1 is 1.20 bits per heavy atom. The monoisotopic (exact) mass is 308 g/mol. The van der Waals surface area contributed by atoms with E-state index < -0.39 is 0 Å². The molecular weight excluding hydrogens is 295 g/mol. The van der Waals surface area contributed by atoms with Gasteiger partial charge in [-0.3, -0.25) is 4.79 Å². The first kappa shape index (κ1) is 14.7. The third-order valence-electron chi connectivity index (χ3n) is 2.99. The van der Waals surface area contributed by atoms with Gasteiger partial charge < -0.3 is 11.1 Å². The predicted octanol–water partition coefficient (Wildman–Crippen LogP) is 4.32. The van der Waals surface area contributed by atoms with E-state index in [0.717, 1.165) is 5.56 Å². The van der Waals surface area contributed by atoms with Gasteiger partial charge in [0.1, 0.15) is 0 Å². The zero-order valence-electron chi connectivity index (χ0n) is 10.9. The molecule has 0 aliphatic heterocycles. The highest BCUT2D eigenvalue weighted by atomic mass is 35.5. The summed E-state index contributed by atoms with van der Waals surface area (Å²) in [7, 11) is 0. The second-order valence-electron chi connectivity index (χ2n) is 4.51. The van der Waals surface area contributed by atoms with E-state index in [1.807, 2.05) is 19.1 Å². The molecule has 0 radical (unpaired) electrons. The summed E-state index contributed by atoms with van der Waals surface area (Å²) in [5.41, 5.74) is 7.70. The summed E-state index contributed by atoms with van der Waals surface area (Å²) in [6, 6.07) is 12.2. The van der Waals surface area contributed by atoms with Gasteiger partial charge in [0.15, 0.2) is 0 Å². The summed E-state index contributed by atoms with van der Waals surface area (Å²) >= 11 is 11.9. The van der Waals surface area contributed by atoms with E-state index in [2.05, 4.69) is 5.32 Å². The van der Waals surface area contributed by atoms with E-state index in [-0.39, 0.29) is 11.8 Å². The molecule has 20 heavy (non-hydrogen) atoms. The van der Waals surface area contributed by atoms with E-state index in [4.69, 9.17) is 28.9 Å². The van der Waals surface area contributed by atoms with Gasteiger partial charge in [-0.25, -0.2) is 0 Å². The number of carbonyl (C=O) groups is 1. The van der Waals surface area contributed by atoms with Gasteiger partial charge in [-0.1, -0.05) is 35.3 Å². The zero-order chi connectivity index (χ0) is 14.7. The molecule has 0 saturated heterocycles. The number of carbonyl (C=O) groups excluding carboxylic acids is 1. The lowest BCUT2D eigenvalue weighted by molar-refractivity contribution is -0.117. The van der Waals surface area contributed by atoms with Crippen LogP contribution in [0.5, 0.6) is 0 Å². The fourth-order valence-corrected chi connectivity index (χ4v) is 2.15. The van der Waals surface area contributed by atoms with Crippen molar-refractivity contribution in [3.05, 3.63) is 58.1 Å². The average Bonchev–Trinajstić information content (AvgIpc) is 2.42. The molecule has 3 nitrogen and oxygen atoms in total. The molecule has 0 fully saturated rings. The van der Waals surface area contributed by atoms with Gasteiger partial charge in [0.05, 0.1) is 16.6 Å². The summed E-state index contributed by atoms with van der Waals surface area (Å²) in [5, 5.41) is 3.73. The second-order valence-corrected chi connectivity index (χ2v) is 5.35. The van der Waals surface area contributed by atoms with Crippen LogP contribution in [0.1, 0.15) is 18.4 Å². The van der Waals surface area contributed by atoms with E-state index in [0.29, 0.717) is 21.4 Å². The summed E-state index contributed by atoms with van der Waals surface area (Å²) in [6.07, 6.45) is 0. The highest BCUT2D eigenvalue weighted by Crippen LogP contribution is 2.27. The third kappa shape index (κ3) is 3.44. The molecule has 0 aliphatic rings. The molecule has 2 rings (SSSR count). The Balaban J connectivity index is 2.17. The van der Waals surface area contributed by atoms with Crippen molar-refractivity contribution < 1.29 is 4.79 Å². The van der Waals surface area contributed by atoms with Gasteiger partial charge in [-0.15, -0.1) is 0 Å². The van der Waals surface area contributed by atoms with Crippen molar-refractivity contribution in [2.45, 2.75) is 12.8 Å². The molecule has 5 heteroatoms. The highest BCUT2D eigenvalue weighted by molar-refractivity contribution is 6.35. The molecule has 0 saturated carbocycles. The van der Waals surface area contributed by atoms with Gasteiger partial charge >= 0.3 is 0 Å². The van der Waals surface area contributed by atoms with Crippen molar-refractivity contribution in [3.63, 3.8) is 0 Å². The molecule has 1 unspecified atom stereocenters. The van der Waals surface area contributed by atoms with Crippen molar-refractivity contribution in [2.75, 3.05) is 11.1 Å². The number of benzene rings is 2. The molecule has 1 atom stereocenters. The molecule has 2 aromatic carbocycles. The Labute approximate surface area is 127 Å². The Bertz CT molecular complexity index is 644. The first-order chi connectivity index (χ1) is 9.47. The summed E-state index contributed by atoms with van der Waals surface area (Å²) in [4.78, 5) is 12.2. The molecule has 0 spiro atoms. The lowest BCUT2D eigenvalue weighted by Crippen LogP contribution is -2.19. The first-order valence-corrected chi connectivity index (χ1v) is 6.84. The van der Waals surface area contributed by atoms with Crippen molar-refractivity contribution in [2.24, 2.45) is 0 Å². The molecule has 0 bridgehead atoms. The van der Waals surface area contributed by atoms with Gasteiger partial charge in [-0.05, 0) is 42.8 Å².